The lowest BCUT2D eigenvalue weighted by Crippen LogP contribution is -2.33. The highest BCUT2D eigenvalue weighted by Gasteiger charge is 2.24. The molecule has 0 heterocycles. The highest BCUT2D eigenvalue weighted by atomic mass is 16.3. The molecule has 0 amide bonds. The van der Waals surface area contributed by atoms with Gasteiger partial charge >= 0.3 is 0 Å². The summed E-state index contributed by atoms with van der Waals surface area (Å²) in [5.41, 5.74) is 9.46. The molecule has 3 N–H and O–H groups in total. The molecule has 2 atom stereocenters. The van der Waals surface area contributed by atoms with E-state index in [0.717, 1.165) is 24.8 Å². The average Bonchev–Trinajstić information content (AvgIpc) is 2.23. The molecular weight excluding hydrogens is 174 g/mol. The predicted octanol–water partition coefficient (Wildman–Crippen LogP) is 1.56. The van der Waals surface area contributed by atoms with E-state index in [1.54, 1.807) is 0 Å². The fourth-order valence-electron chi connectivity index (χ4n) is 2.09. The summed E-state index contributed by atoms with van der Waals surface area (Å²) in [5, 5.41) is 9.87. The van der Waals surface area contributed by atoms with Crippen molar-refractivity contribution in [2.24, 2.45) is 5.73 Å². The summed E-state index contributed by atoms with van der Waals surface area (Å²) in [6, 6.07) is 6.22. The largest absolute Gasteiger partial charge is 0.387 e. The first kappa shape index (κ1) is 9.69. The third kappa shape index (κ3) is 1.56. The zero-order valence-electron chi connectivity index (χ0n) is 8.53. The van der Waals surface area contributed by atoms with Crippen LogP contribution < -0.4 is 5.73 Å². The number of aliphatic hydroxyl groups is 1. The summed E-state index contributed by atoms with van der Waals surface area (Å²) in [5.74, 6) is 0. The van der Waals surface area contributed by atoms with Crippen LogP contribution in [0.25, 0.3) is 0 Å². The van der Waals surface area contributed by atoms with Crippen LogP contribution in [-0.4, -0.2) is 11.1 Å². The second kappa shape index (κ2) is 3.71. The Bertz CT molecular complexity index is 335. The Kier molecular flexibility index (Phi) is 2.57. The van der Waals surface area contributed by atoms with Crippen molar-refractivity contribution in [1.82, 2.24) is 0 Å². The smallest absolute Gasteiger partial charge is 0.0943 e. The molecule has 0 aromatic heterocycles. The molecule has 1 aromatic rings. The molecule has 2 rings (SSSR count). The van der Waals surface area contributed by atoms with Gasteiger partial charge in [-0.15, -0.1) is 0 Å². The number of aryl methyl sites for hydroxylation is 2. The number of rotatable bonds is 1. The number of benzene rings is 1. The van der Waals surface area contributed by atoms with Gasteiger partial charge in [0.15, 0.2) is 0 Å². The summed E-state index contributed by atoms with van der Waals surface area (Å²) in [7, 11) is 0. The first-order valence-electron chi connectivity index (χ1n) is 5.27. The summed E-state index contributed by atoms with van der Waals surface area (Å²) in [6.07, 6.45) is 2.47. The van der Waals surface area contributed by atoms with Crippen molar-refractivity contribution >= 4 is 0 Å². The first-order chi connectivity index (χ1) is 6.72. The van der Waals surface area contributed by atoms with Crippen molar-refractivity contribution in [2.75, 3.05) is 0 Å². The maximum Gasteiger partial charge on any atom is 0.0943 e. The lowest BCUT2D eigenvalue weighted by Gasteiger charge is -2.27. The molecule has 0 bridgehead atoms. The van der Waals surface area contributed by atoms with Gasteiger partial charge in [0, 0.05) is 6.04 Å². The van der Waals surface area contributed by atoms with Crippen LogP contribution in [0, 0.1) is 0 Å². The van der Waals surface area contributed by atoms with Gasteiger partial charge in [0.1, 0.15) is 0 Å². The van der Waals surface area contributed by atoms with Crippen molar-refractivity contribution in [3.8, 4) is 0 Å². The van der Waals surface area contributed by atoms with Crippen LogP contribution in [0.4, 0.5) is 0 Å². The molecule has 0 spiro atoms. The van der Waals surface area contributed by atoms with Gasteiger partial charge in [-0.25, -0.2) is 0 Å². The molecule has 0 saturated carbocycles. The van der Waals surface area contributed by atoms with E-state index in [0.29, 0.717) is 0 Å². The Morgan fingerprint density at radius 3 is 3.00 bits per heavy atom. The number of hydrogen-bond acceptors (Lipinski definition) is 2. The van der Waals surface area contributed by atoms with Gasteiger partial charge in [0.25, 0.3) is 0 Å². The van der Waals surface area contributed by atoms with E-state index in [2.05, 4.69) is 19.1 Å². The quantitative estimate of drug-likeness (QED) is 0.707. The summed E-state index contributed by atoms with van der Waals surface area (Å²) < 4.78 is 0. The molecule has 2 heteroatoms. The number of nitrogens with two attached hydrogens (primary N) is 1. The van der Waals surface area contributed by atoms with E-state index in [-0.39, 0.29) is 6.04 Å². The van der Waals surface area contributed by atoms with E-state index in [4.69, 9.17) is 5.73 Å². The highest BCUT2D eigenvalue weighted by Crippen LogP contribution is 2.29. The second-order valence-corrected chi connectivity index (χ2v) is 4.03. The molecule has 0 saturated heterocycles. The third-order valence-corrected chi connectivity index (χ3v) is 3.09. The van der Waals surface area contributed by atoms with E-state index < -0.39 is 6.10 Å². The average molecular weight is 191 g/mol. The van der Waals surface area contributed by atoms with Gasteiger partial charge in [0.2, 0.25) is 0 Å². The van der Waals surface area contributed by atoms with Crippen LogP contribution in [0.15, 0.2) is 18.2 Å². The second-order valence-electron chi connectivity index (χ2n) is 4.03. The van der Waals surface area contributed by atoms with Crippen LogP contribution in [0.5, 0.6) is 0 Å². The van der Waals surface area contributed by atoms with Gasteiger partial charge in [-0.3, -0.25) is 0 Å². The number of hydrogen-bond donors (Lipinski definition) is 2. The maximum absolute atomic E-state index is 9.87. The first-order valence-corrected chi connectivity index (χ1v) is 5.27. The number of aliphatic hydroxyl groups excluding tert-OH is 1. The van der Waals surface area contributed by atoms with Crippen molar-refractivity contribution in [1.29, 1.82) is 0 Å². The fourth-order valence-corrected chi connectivity index (χ4v) is 2.09. The van der Waals surface area contributed by atoms with E-state index in [9.17, 15) is 5.11 Å². The summed E-state index contributed by atoms with van der Waals surface area (Å²) >= 11 is 0. The van der Waals surface area contributed by atoms with Crippen LogP contribution >= 0.6 is 0 Å². The van der Waals surface area contributed by atoms with Gasteiger partial charge < -0.3 is 10.8 Å². The van der Waals surface area contributed by atoms with Crippen LogP contribution in [0.3, 0.4) is 0 Å². The Morgan fingerprint density at radius 2 is 2.29 bits per heavy atom. The van der Waals surface area contributed by atoms with Gasteiger partial charge in [-0.05, 0) is 36.0 Å². The Hall–Kier alpha value is -0.860. The van der Waals surface area contributed by atoms with Crippen molar-refractivity contribution in [3.05, 3.63) is 34.9 Å². The molecule has 2 unspecified atom stereocenters. The molecular formula is C12H17NO. The SMILES string of the molecule is CCc1ccc2c(c1)CCC(N)C2O. The van der Waals surface area contributed by atoms with E-state index in [1.807, 2.05) is 6.07 Å². The van der Waals surface area contributed by atoms with Crippen molar-refractivity contribution in [3.63, 3.8) is 0 Å². The fraction of sp³-hybridized carbons (Fsp3) is 0.500. The third-order valence-electron chi connectivity index (χ3n) is 3.09. The summed E-state index contributed by atoms with van der Waals surface area (Å²) in [4.78, 5) is 0. The predicted molar refractivity (Wildman–Crippen MR) is 57.1 cm³/mol. The van der Waals surface area contributed by atoms with Gasteiger partial charge in [-0.2, -0.15) is 0 Å². The van der Waals surface area contributed by atoms with E-state index in [1.165, 1.54) is 11.1 Å². The minimum Gasteiger partial charge on any atom is -0.387 e. The number of fused-ring (bicyclic) bond motifs is 1. The highest BCUT2D eigenvalue weighted by molar-refractivity contribution is 5.36. The molecule has 0 aliphatic heterocycles. The van der Waals surface area contributed by atoms with Crippen LogP contribution in [0.1, 0.15) is 36.1 Å². The molecule has 0 fully saturated rings. The van der Waals surface area contributed by atoms with Crippen LogP contribution in [0.2, 0.25) is 0 Å². The lowest BCUT2D eigenvalue weighted by molar-refractivity contribution is 0.134. The molecule has 1 aliphatic carbocycles. The lowest BCUT2D eigenvalue weighted by atomic mass is 9.85. The Balaban J connectivity index is 2.38. The maximum atomic E-state index is 9.87. The Labute approximate surface area is 84.7 Å². The topological polar surface area (TPSA) is 46.2 Å². The molecule has 1 aliphatic rings. The molecule has 76 valence electrons. The molecule has 2 nitrogen and oxygen atoms in total. The monoisotopic (exact) mass is 191 g/mol. The van der Waals surface area contributed by atoms with Crippen molar-refractivity contribution < 1.29 is 5.11 Å². The standard InChI is InChI=1S/C12H17NO/c1-2-8-3-5-10-9(7-8)4-6-11(13)12(10)14/h3,5,7,11-12,14H,2,4,6,13H2,1H3. The van der Waals surface area contributed by atoms with E-state index >= 15 is 0 Å². The molecule has 1 aromatic carbocycles. The normalized spacial score (nSPS) is 25.9. The van der Waals surface area contributed by atoms with Crippen molar-refractivity contribution in [2.45, 2.75) is 38.3 Å². The van der Waals surface area contributed by atoms with Gasteiger partial charge in [-0.1, -0.05) is 25.1 Å². The van der Waals surface area contributed by atoms with Gasteiger partial charge in [0.05, 0.1) is 6.10 Å². The summed E-state index contributed by atoms with van der Waals surface area (Å²) in [6.45, 7) is 2.15. The molecule has 0 radical (unpaired) electrons. The zero-order valence-corrected chi connectivity index (χ0v) is 8.53. The Morgan fingerprint density at radius 1 is 1.50 bits per heavy atom. The molecule has 14 heavy (non-hydrogen) atoms. The zero-order chi connectivity index (χ0) is 10.1. The minimum absolute atomic E-state index is 0.0880. The van der Waals surface area contributed by atoms with Crippen LogP contribution in [-0.2, 0) is 12.8 Å². The minimum atomic E-state index is -0.468.